The Morgan fingerprint density at radius 3 is 2.78 bits per heavy atom. The highest BCUT2D eigenvalue weighted by Crippen LogP contribution is 2.35. The van der Waals surface area contributed by atoms with Crippen LogP contribution in [0.5, 0.6) is 0 Å². The third-order valence-electron chi connectivity index (χ3n) is 5.09. The SMILES string of the molecule is c1cnc(-c2nnc(C3CCCN3CC3CCCCC3)o2)cn1. The van der Waals surface area contributed by atoms with Crippen molar-refractivity contribution in [3.8, 4) is 11.6 Å². The minimum absolute atomic E-state index is 0.273. The maximum atomic E-state index is 5.91. The Hall–Kier alpha value is -1.82. The highest BCUT2D eigenvalue weighted by molar-refractivity contribution is 5.43. The van der Waals surface area contributed by atoms with E-state index in [0.29, 0.717) is 11.6 Å². The number of rotatable bonds is 4. The van der Waals surface area contributed by atoms with Gasteiger partial charge in [0.15, 0.2) is 0 Å². The zero-order valence-corrected chi connectivity index (χ0v) is 13.4. The molecule has 1 saturated carbocycles. The summed E-state index contributed by atoms with van der Waals surface area (Å²) in [6.07, 6.45) is 14.2. The van der Waals surface area contributed by atoms with Gasteiger partial charge in [-0.3, -0.25) is 9.88 Å². The molecule has 0 amide bonds. The molecule has 2 aromatic rings. The molecular formula is C17H23N5O. The van der Waals surface area contributed by atoms with Crippen LogP contribution in [0, 0.1) is 5.92 Å². The van der Waals surface area contributed by atoms with Crippen LogP contribution in [0.4, 0.5) is 0 Å². The zero-order chi connectivity index (χ0) is 15.5. The maximum Gasteiger partial charge on any atom is 0.267 e. The molecule has 1 atom stereocenters. The van der Waals surface area contributed by atoms with Crippen LogP contribution in [0.2, 0.25) is 0 Å². The standard InChI is InChI=1S/C17H23N5O/c1-2-5-13(6-3-1)12-22-10-4-7-15(22)17-21-20-16(23-17)14-11-18-8-9-19-14/h8-9,11,13,15H,1-7,10,12H2. The molecule has 0 aromatic carbocycles. The topological polar surface area (TPSA) is 67.9 Å². The van der Waals surface area contributed by atoms with Gasteiger partial charge in [-0.15, -0.1) is 10.2 Å². The van der Waals surface area contributed by atoms with E-state index in [1.807, 2.05) is 0 Å². The highest BCUT2D eigenvalue weighted by atomic mass is 16.4. The number of nitrogens with zero attached hydrogens (tertiary/aromatic N) is 5. The smallest absolute Gasteiger partial charge is 0.267 e. The van der Waals surface area contributed by atoms with Gasteiger partial charge in [-0.2, -0.15) is 0 Å². The summed E-state index contributed by atoms with van der Waals surface area (Å²) in [5.74, 6) is 2.04. The molecule has 122 valence electrons. The first-order chi connectivity index (χ1) is 11.4. The minimum atomic E-state index is 0.273. The van der Waals surface area contributed by atoms with Crippen LogP contribution in [0.25, 0.3) is 11.6 Å². The average molecular weight is 313 g/mol. The summed E-state index contributed by atoms with van der Waals surface area (Å²) in [6, 6.07) is 0.273. The van der Waals surface area contributed by atoms with Crippen LogP contribution >= 0.6 is 0 Å². The van der Waals surface area contributed by atoms with Gasteiger partial charge in [-0.25, -0.2) is 4.98 Å². The van der Waals surface area contributed by atoms with Crippen molar-refractivity contribution in [2.45, 2.75) is 51.0 Å². The lowest BCUT2D eigenvalue weighted by Gasteiger charge is -2.29. The van der Waals surface area contributed by atoms with E-state index in [1.54, 1.807) is 18.6 Å². The van der Waals surface area contributed by atoms with Crippen molar-refractivity contribution < 1.29 is 4.42 Å². The second-order valence-electron chi connectivity index (χ2n) is 6.69. The van der Waals surface area contributed by atoms with Gasteiger partial charge in [0, 0.05) is 18.9 Å². The molecule has 6 nitrogen and oxygen atoms in total. The van der Waals surface area contributed by atoms with Crippen molar-refractivity contribution in [1.82, 2.24) is 25.1 Å². The summed E-state index contributed by atoms with van der Waals surface area (Å²) in [5.41, 5.74) is 0.642. The largest absolute Gasteiger partial charge is 0.417 e. The molecule has 4 rings (SSSR count). The van der Waals surface area contributed by atoms with Gasteiger partial charge in [-0.1, -0.05) is 19.3 Å². The molecule has 1 aliphatic carbocycles. The molecule has 6 heteroatoms. The third kappa shape index (κ3) is 3.27. The summed E-state index contributed by atoms with van der Waals surface area (Å²) < 4.78 is 5.91. The number of hydrogen-bond donors (Lipinski definition) is 0. The third-order valence-corrected chi connectivity index (χ3v) is 5.09. The van der Waals surface area contributed by atoms with Gasteiger partial charge in [0.05, 0.1) is 12.2 Å². The van der Waals surface area contributed by atoms with E-state index in [0.717, 1.165) is 24.8 Å². The van der Waals surface area contributed by atoms with Crippen LogP contribution in [-0.4, -0.2) is 38.2 Å². The Kier molecular flexibility index (Phi) is 4.33. The average Bonchev–Trinajstić information content (AvgIpc) is 3.25. The fraction of sp³-hybridized carbons (Fsp3) is 0.647. The lowest BCUT2D eigenvalue weighted by molar-refractivity contribution is 0.170. The van der Waals surface area contributed by atoms with E-state index in [2.05, 4.69) is 25.1 Å². The first-order valence-corrected chi connectivity index (χ1v) is 8.74. The molecule has 0 bridgehead atoms. The van der Waals surface area contributed by atoms with Gasteiger partial charge >= 0.3 is 0 Å². The second-order valence-corrected chi connectivity index (χ2v) is 6.69. The molecule has 0 spiro atoms. The summed E-state index contributed by atoms with van der Waals surface area (Å²) >= 11 is 0. The molecule has 3 heterocycles. The molecule has 1 unspecified atom stereocenters. The second kappa shape index (κ2) is 6.74. The van der Waals surface area contributed by atoms with Gasteiger partial charge in [0.2, 0.25) is 5.89 Å². The maximum absolute atomic E-state index is 5.91. The molecule has 1 aliphatic heterocycles. The number of hydrogen-bond acceptors (Lipinski definition) is 6. The van der Waals surface area contributed by atoms with Crippen molar-refractivity contribution >= 4 is 0 Å². The fourth-order valence-corrected chi connectivity index (χ4v) is 3.91. The first-order valence-electron chi connectivity index (χ1n) is 8.74. The quantitative estimate of drug-likeness (QED) is 0.863. The van der Waals surface area contributed by atoms with E-state index in [9.17, 15) is 0 Å². The summed E-state index contributed by atoms with van der Waals surface area (Å²) in [4.78, 5) is 10.8. The van der Waals surface area contributed by atoms with E-state index < -0.39 is 0 Å². The Bertz CT molecular complexity index is 623. The minimum Gasteiger partial charge on any atom is -0.417 e. The Balaban J connectivity index is 1.47. The van der Waals surface area contributed by atoms with E-state index >= 15 is 0 Å². The molecule has 2 fully saturated rings. The number of likely N-dealkylation sites (tertiary alicyclic amines) is 1. The van der Waals surface area contributed by atoms with E-state index in [4.69, 9.17) is 4.42 Å². The van der Waals surface area contributed by atoms with Crippen LogP contribution in [0.15, 0.2) is 23.0 Å². The van der Waals surface area contributed by atoms with Gasteiger partial charge in [0.1, 0.15) is 5.69 Å². The normalized spacial score (nSPS) is 23.4. The molecule has 0 N–H and O–H groups in total. The van der Waals surface area contributed by atoms with Crippen LogP contribution < -0.4 is 0 Å². The number of aromatic nitrogens is 4. The first kappa shape index (κ1) is 14.8. The lowest BCUT2D eigenvalue weighted by atomic mass is 9.89. The molecule has 2 aromatic heterocycles. The van der Waals surface area contributed by atoms with E-state index in [-0.39, 0.29) is 6.04 Å². The molecule has 0 radical (unpaired) electrons. The summed E-state index contributed by atoms with van der Waals surface area (Å²) in [6.45, 7) is 2.32. The molecule has 2 aliphatic rings. The van der Waals surface area contributed by atoms with Gasteiger partial charge < -0.3 is 4.42 Å². The van der Waals surface area contributed by atoms with Crippen LogP contribution in [0.3, 0.4) is 0 Å². The van der Waals surface area contributed by atoms with Gasteiger partial charge in [-0.05, 0) is 38.1 Å². The van der Waals surface area contributed by atoms with Crippen molar-refractivity contribution in [3.63, 3.8) is 0 Å². The molecular weight excluding hydrogens is 290 g/mol. The van der Waals surface area contributed by atoms with Crippen molar-refractivity contribution in [2.24, 2.45) is 5.92 Å². The molecule has 23 heavy (non-hydrogen) atoms. The van der Waals surface area contributed by atoms with Crippen molar-refractivity contribution in [3.05, 3.63) is 24.5 Å². The Morgan fingerprint density at radius 1 is 1.04 bits per heavy atom. The van der Waals surface area contributed by atoms with Crippen LogP contribution in [0.1, 0.15) is 56.9 Å². The van der Waals surface area contributed by atoms with Crippen molar-refractivity contribution in [2.75, 3.05) is 13.1 Å². The monoisotopic (exact) mass is 313 g/mol. The van der Waals surface area contributed by atoms with Crippen molar-refractivity contribution in [1.29, 1.82) is 0 Å². The predicted molar refractivity (Wildman–Crippen MR) is 85.4 cm³/mol. The highest BCUT2D eigenvalue weighted by Gasteiger charge is 2.32. The fourth-order valence-electron chi connectivity index (χ4n) is 3.91. The van der Waals surface area contributed by atoms with Gasteiger partial charge in [0.25, 0.3) is 5.89 Å². The van der Waals surface area contributed by atoms with Crippen LogP contribution in [-0.2, 0) is 0 Å². The lowest BCUT2D eigenvalue weighted by Crippen LogP contribution is -2.30. The molecule has 1 saturated heterocycles. The summed E-state index contributed by atoms with van der Waals surface area (Å²) in [5, 5.41) is 8.46. The zero-order valence-electron chi connectivity index (χ0n) is 13.4. The summed E-state index contributed by atoms with van der Waals surface area (Å²) in [7, 11) is 0. The van der Waals surface area contributed by atoms with E-state index in [1.165, 1.54) is 45.1 Å². The predicted octanol–water partition coefficient (Wildman–Crippen LogP) is 3.24. The Labute approximate surface area is 136 Å². The Morgan fingerprint density at radius 2 is 1.96 bits per heavy atom.